The number of hydrogen-bond donors (Lipinski definition) is 1. The zero-order valence-electron chi connectivity index (χ0n) is 23.3. The molecule has 0 fully saturated rings. The molecule has 9 heteroatoms. The first kappa shape index (κ1) is 29.7. The van der Waals surface area contributed by atoms with Gasteiger partial charge in [0.1, 0.15) is 18.3 Å². The van der Waals surface area contributed by atoms with Crippen LogP contribution in [0.3, 0.4) is 0 Å². The minimum absolute atomic E-state index is 0.0628. The lowest BCUT2D eigenvalue weighted by Crippen LogP contribution is -2.52. The fourth-order valence-electron chi connectivity index (χ4n) is 4.07. The van der Waals surface area contributed by atoms with E-state index in [4.69, 9.17) is 4.74 Å². The van der Waals surface area contributed by atoms with Gasteiger partial charge in [0.25, 0.3) is 10.0 Å². The van der Waals surface area contributed by atoms with Gasteiger partial charge < -0.3 is 15.0 Å². The van der Waals surface area contributed by atoms with Crippen molar-refractivity contribution in [1.82, 2.24) is 10.2 Å². The minimum Gasteiger partial charge on any atom is -0.497 e. The second kappa shape index (κ2) is 12.8. The van der Waals surface area contributed by atoms with Crippen molar-refractivity contribution in [1.29, 1.82) is 0 Å². The first-order chi connectivity index (χ1) is 18.4. The van der Waals surface area contributed by atoms with Crippen molar-refractivity contribution in [2.24, 2.45) is 0 Å². The Labute approximate surface area is 231 Å². The van der Waals surface area contributed by atoms with Crippen LogP contribution in [0.15, 0.2) is 77.7 Å². The standard InChI is InChI=1S/C30H37N3O5S/c1-21(2)31-30(35)24(5)32(19-25-10-8-7-9-23(25)4)29(34)20-33(26-13-15-27(38-6)16-14-26)39(36,37)28-17-11-22(3)12-18-28/h7-18,21,24H,19-20H2,1-6H3,(H,31,35)/t24-/m0/s1. The van der Waals surface area contributed by atoms with E-state index in [-0.39, 0.29) is 23.4 Å². The molecule has 0 bridgehead atoms. The number of rotatable bonds is 11. The number of nitrogens with one attached hydrogen (secondary N) is 1. The molecule has 0 unspecified atom stereocenters. The molecule has 8 nitrogen and oxygen atoms in total. The molecule has 0 saturated carbocycles. The van der Waals surface area contributed by atoms with Crippen molar-refractivity contribution in [2.45, 2.75) is 58.1 Å². The number of carbonyl (C=O) groups is 2. The Bertz CT molecular complexity index is 1390. The highest BCUT2D eigenvalue weighted by Gasteiger charge is 2.32. The lowest BCUT2D eigenvalue weighted by atomic mass is 10.1. The van der Waals surface area contributed by atoms with Crippen LogP contribution >= 0.6 is 0 Å². The molecular formula is C30H37N3O5S. The van der Waals surface area contributed by atoms with Gasteiger partial charge in [-0.15, -0.1) is 0 Å². The molecular weight excluding hydrogens is 514 g/mol. The third-order valence-corrected chi connectivity index (χ3v) is 8.24. The predicted octanol–water partition coefficient (Wildman–Crippen LogP) is 4.45. The molecule has 208 valence electrons. The van der Waals surface area contributed by atoms with Gasteiger partial charge in [-0.2, -0.15) is 0 Å². The Balaban J connectivity index is 2.04. The first-order valence-electron chi connectivity index (χ1n) is 12.8. The highest BCUT2D eigenvalue weighted by Crippen LogP contribution is 2.27. The normalized spacial score (nSPS) is 12.1. The van der Waals surface area contributed by atoms with Crippen molar-refractivity contribution < 1.29 is 22.7 Å². The van der Waals surface area contributed by atoms with Crippen LogP contribution in [-0.4, -0.2) is 50.9 Å². The van der Waals surface area contributed by atoms with E-state index in [1.54, 1.807) is 43.3 Å². The summed E-state index contributed by atoms with van der Waals surface area (Å²) >= 11 is 0. The van der Waals surface area contributed by atoms with Gasteiger partial charge in [0, 0.05) is 12.6 Å². The summed E-state index contributed by atoms with van der Waals surface area (Å²) in [5.74, 6) is -0.265. The fraction of sp³-hybridized carbons (Fsp3) is 0.333. The number of sulfonamides is 1. The van der Waals surface area contributed by atoms with E-state index in [0.29, 0.717) is 11.4 Å². The third kappa shape index (κ3) is 7.38. The van der Waals surface area contributed by atoms with Gasteiger partial charge >= 0.3 is 0 Å². The summed E-state index contributed by atoms with van der Waals surface area (Å²) in [6.45, 7) is 8.80. The lowest BCUT2D eigenvalue weighted by molar-refractivity contribution is -0.139. The third-order valence-electron chi connectivity index (χ3n) is 6.45. The number of aryl methyl sites for hydroxylation is 2. The molecule has 0 aliphatic carbocycles. The maximum absolute atomic E-state index is 13.9. The summed E-state index contributed by atoms with van der Waals surface area (Å²) in [5.41, 5.74) is 3.05. The van der Waals surface area contributed by atoms with E-state index in [9.17, 15) is 18.0 Å². The monoisotopic (exact) mass is 551 g/mol. The number of nitrogens with zero attached hydrogens (tertiary/aromatic N) is 2. The Morgan fingerprint density at radius 2 is 1.51 bits per heavy atom. The van der Waals surface area contributed by atoms with Crippen LogP contribution in [0.4, 0.5) is 5.69 Å². The topological polar surface area (TPSA) is 96.0 Å². The van der Waals surface area contributed by atoms with Crippen LogP contribution < -0.4 is 14.4 Å². The van der Waals surface area contributed by atoms with Gasteiger partial charge in [0.15, 0.2) is 0 Å². The van der Waals surface area contributed by atoms with Crippen LogP contribution in [0, 0.1) is 13.8 Å². The van der Waals surface area contributed by atoms with Crippen molar-refractivity contribution in [3.05, 3.63) is 89.5 Å². The van der Waals surface area contributed by atoms with Gasteiger partial charge in [-0.25, -0.2) is 8.42 Å². The molecule has 0 aliphatic heterocycles. The predicted molar refractivity (Wildman–Crippen MR) is 153 cm³/mol. The molecule has 0 saturated heterocycles. The van der Waals surface area contributed by atoms with Gasteiger partial charge in [-0.05, 0) is 82.1 Å². The van der Waals surface area contributed by atoms with Crippen LogP contribution in [0.1, 0.15) is 37.5 Å². The van der Waals surface area contributed by atoms with Gasteiger partial charge in [-0.3, -0.25) is 13.9 Å². The van der Waals surface area contributed by atoms with Gasteiger partial charge in [0.2, 0.25) is 11.8 Å². The quantitative estimate of drug-likeness (QED) is 0.380. The number of methoxy groups -OCH3 is 1. The lowest BCUT2D eigenvalue weighted by Gasteiger charge is -2.32. The van der Waals surface area contributed by atoms with Crippen molar-refractivity contribution in [3.63, 3.8) is 0 Å². The molecule has 0 radical (unpaired) electrons. The van der Waals surface area contributed by atoms with Gasteiger partial charge in [-0.1, -0.05) is 42.0 Å². The van der Waals surface area contributed by atoms with E-state index < -0.39 is 28.5 Å². The maximum Gasteiger partial charge on any atom is 0.264 e. The molecule has 1 atom stereocenters. The SMILES string of the molecule is COc1ccc(N(CC(=O)N(Cc2ccccc2C)[C@@H](C)C(=O)NC(C)C)S(=O)(=O)c2ccc(C)cc2)cc1. The first-order valence-corrected chi connectivity index (χ1v) is 14.3. The number of anilines is 1. The number of benzene rings is 3. The average Bonchev–Trinajstić information content (AvgIpc) is 2.90. The molecule has 0 aliphatic rings. The Morgan fingerprint density at radius 1 is 0.897 bits per heavy atom. The van der Waals surface area contributed by atoms with E-state index in [2.05, 4.69) is 5.32 Å². The van der Waals surface area contributed by atoms with E-state index in [0.717, 1.165) is 21.0 Å². The summed E-state index contributed by atoms with van der Waals surface area (Å²) in [4.78, 5) is 28.4. The number of amides is 2. The van der Waals surface area contributed by atoms with Crippen LogP contribution in [0.25, 0.3) is 0 Å². The highest BCUT2D eigenvalue weighted by molar-refractivity contribution is 7.92. The summed E-state index contributed by atoms with van der Waals surface area (Å²) in [5, 5.41) is 2.86. The van der Waals surface area contributed by atoms with Crippen molar-refractivity contribution >= 4 is 27.5 Å². The molecule has 3 aromatic carbocycles. The van der Waals surface area contributed by atoms with Crippen molar-refractivity contribution in [3.8, 4) is 5.75 Å². The van der Waals surface area contributed by atoms with E-state index in [1.165, 1.54) is 24.1 Å². The molecule has 3 rings (SSSR count). The summed E-state index contributed by atoms with van der Waals surface area (Å²) < 4.78 is 34.0. The molecule has 2 amide bonds. The average molecular weight is 552 g/mol. The van der Waals surface area contributed by atoms with Crippen LogP contribution in [0.2, 0.25) is 0 Å². The zero-order valence-corrected chi connectivity index (χ0v) is 24.2. The van der Waals surface area contributed by atoms with Gasteiger partial charge in [0.05, 0.1) is 17.7 Å². The summed E-state index contributed by atoms with van der Waals surface area (Å²) in [7, 11) is -2.60. The smallest absolute Gasteiger partial charge is 0.264 e. The summed E-state index contributed by atoms with van der Waals surface area (Å²) in [6, 6.07) is 19.6. The van der Waals surface area contributed by atoms with Crippen LogP contribution in [-0.2, 0) is 26.2 Å². The molecule has 0 aromatic heterocycles. The highest BCUT2D eigenvalue weighted by atomic mass is 32.2. The van der Waals surface area contributed by atoms with Crippen LogP contribution in [0.5, 0.6) is 5.75 Å². The summed E-state index contributed by atoms with van der Waals surface area (Å²) in [6.07, 6.45) is 0. The zero-order chi connectivity index (χ0) is 28.7. The molecule has 0 heterocycles. The second-order valence-corrected chi connectivity index (χ2v) is 11.7. The Kier molecular flexibility index (Phi) is 9.75. The van der Waals surface area contributed by atoms with Crippen molar-refractivity contribution in [2.75, 3.05) is 18.0 Å². The second-order valence-electron chi connectivity index (χ2n) is 9.81. The minimum atomic E-state index is -4.12. The molecule has 0 spiro atoms. The van der Waals surface area contributed by atoms with E-state index >= 15 is 0 Å². The maximum atomic E-state index is 13.9. The number of ether oxygens (including phenoxy) is 1. The molecule has 1 N–H and O–H groups in total. The Morgan fingerprint density at radius 3 is 2.08 bits per heavy atom. The Hall–Kier alpha value is -3.85. The number of carbonyl (C=O) groups excluding carboxylic acids is 2. The fourth-order valence-corrected chi connectivity index (χ4v) is 5.49. The number of hydrogen-bond acceptors (Lipinski definition) is 5. The largest absolute Gasteiger partial charge is 0.497 e. The van der Waals surface area contributed by atoms with E-state index in [1.807, 2.05) is 52.0 Å². The molecule has 39 heavy (non-hydrogen) atoms. The molecule has 3 aromatic rings.